The van der Waals surface area contributed by atoms with Crippen molar-refractivity contribution in [3.63, 3.8) is 0 Å². The first-order chi connectivity index (χ1) is 14.4. The fourth-order valence-electron chi connectivity index (χ4n) is 3.22. The van der Waals surface area contributed by atoms with Crippen LogP contribution in [0, 0.1) is 11.6 Å². The number of halogens is 6. The lowest BCUT2D eigenvalue weighted by Gasteiger charge is -2.16. The first-order valence-corrected chi connectivity index (χ1v) is 9.38. The predicted octanol–water partition coefficient (Wildman–Crippen LogP) is 3.87. The van der Waals surface area contributed by atoms with E-state index in [9.17, 15) is 36.3 Å². The van der Waals surface area contributed by atoms with Gasteiger partial charge in [-0.2, -0.15) is 13.2 Å². The molecular weight excluding hydrogens is 449 g/mol. The van der Waals surface area contributed by atoms with Crippen LogP contribution in [0.4, 0.5) is 27.6 Å². The number of anilines is 1. The third-order valence-electron chi connectivity index (χ3n) is 4.77. The first-order valence-electron chi connectivity index (χ1n) is 9.01. The normalized spacial score (nSPS) is 14.2. The van der Waals surface area contributed by atoms with Crippen LogP contribution in [-0.4, -0.2) is 34.4 Å². The summed E-state index contributed by atoms with van der Waals surface area (Å²) in [4.78, 5) is 37.4. The van der Waals surface area contributed by atoms with Crippen LogP contribution in [0.15, 0.2) is 18.2 Å². The molecule has 2 aromatic rings. The molecule has 1 aromatic heterocycles. The topological polar surface area (TPSA) is 80.2 Å². The van der Waals surface area contributed by atoms with Gasteiger partial charge in [0.25, 0.3) is 17.6 Å². The fourth-order valence-corrected chi connectivity index (χ4v) is 3.60. The second-order valence-electron chi connectivity index (χ2n) is 6.89. The number of aromatic nitrogens is 1. The first kappa shape index (κ1) is 22.7. The Morgan fingerprint density at radius 3 is 2.45 bits per heavy atom. The Morgan fingerprint density at radius 1 is 1.16 bits per heavy atom. The molecule has 2 heterocycles. The second kappa shape index (κ2) is 8.29. The minimum absolute atomic E-state index is 0.0810. The van der Waals surface area contributed by atoms with Gasteiger partial charge in [-0.3, -0.25) is 14.4 Å². The number of alkyl halides is 3. The number of hydrogen-bond acceptors (Lipinski definition) is 3. The molecule has 3 rings (SSSR count). The van der Waals surface area contributed by atoms with Gasteiger partial charge in [0, 0.05) is 24.0 Å². The van der Waals surface area contributed by atoms with Gasteiger partial charge in [0.15, 0.2) is 11.6 Å². The number of carbonyl (C=O) groups excluding carboxylic acids is 3. The average Bonchev–Trinajstić information content (AvgIpc) is 3.22. The largest absolute Gasteiger partial charge is 0.408 e. The summed E-state index contributed by atoms with van der Waals surface area (Å²) in [5, 5.41) is 3.48. The van der Waals surface area contributed by atoms with Crippen LogP contribution < -0.4 is 10.6 Å². The van der Waals surface area contributed by atoms with E-state index in [0.29, 0.717) is 25.5 Å². The maximum Gasteiger partial charge on any atom is 0.408 e. The monoisotopic (exact) mass is 463 g/mol. The minimum atomic E-state index is -4.75. The number of rotatable bonds is 5. The molecule has 2 N–H and O–H groups in total. The van der Waals surface area contributed by atoms with E-state index in [1.54, 1.807) is 5.32 Å². The van der Waals surface area contributed by atoms with E-state index < -0.39 is 52.2 Å². The number of nitrogens with one attached hydrogen (secondary N) is 2. The van der Waals surface area contributed by atoms with E-state index in [0.717, 1.165) is 18.2 Å². The van der Waals surface area contributed by atoms with Gasteiger partial charge in [-0.25, -0.2) is 8.78 Å². The lowest BCUT2D eigenvalue weighted by Crippen LogP contribution is -2.46. The number of carbonyl (C=O) groups is 3. The molecule has 6 nitrogen and oxygen atoms in total. The van der Waals surface area contributed by atoms with Crippen molar-refractivity contribution in [2.45, 2.75) is 38.5 Å². The van der Waals surface area contributed by atoms with Crippen LogP contribution in [0.25, 0.3) is 0 Å². The molecule has 0 radical (unpaired) electrons. The molecule has 0 aliphatic carbocycles. The van der Waals surface area contributed by atoms with Crippen LogP contribution in [0.3, 0.4) is 0 Å². The quantitative estimate of drug-likeness (QED) is 0.401. The lowest BCUT2D eigenvalue weighted by atomic mass is 10.1. The summed E-state index contributed by atoms with van der Waals surface area (Å²) in [5.41, 5.74) is -0.340. The molecule has 0 saturated carbocycles. The molecule has 0 saturated heterocycles. The summed E-state index contributed by atoms with van der Waals surface area (Å²) in [6.45, 7) is 0.896. The number of ketones is 1. The van der Waals surface area contributed by atoms with Gasteiger partial charge in [0.1, 0.15) is 11.7 Å². The molecule has 166 valence electrons. The standard InChI is InChI=1S/C19H15ClF5N3O3/c1-8(19(23,24)25)26-18(31)16(29)15-14(20)13(12-3-2-6-28(12)15)17(30)27-9-4-5-10(21)11(22)7-9/h4-5,7-8H,2-3,6H2,1H3,(H,26,31)(H,27,30)/t8-/m0/s1. The maximum atomic E-state index is 13.4. The highest BCUT2D eigenvalue weighted by molar-refractivity contribution is 6.48. The van der Waals surface area contributed by atoms with Crippen LogP contribution in [-0.2, 0) is 17.8 Å². The fraction of sp³-hybridized carbons (Fsp3) is 0.316. The third-order valence-corrected chi connectivity index (χ3v) is 5.14. The van der Waals surface area contributed by atoms with Gasteiger partial charge in [-0.15, -0.1) is 0 Å². The van der Waals surface area contributed by atoms with Crippen molar-refractivity contribution in [2.75, 3.05) is 5.32 Å². The predicted molar refractivity (Wildman–Crippen MR) is 100 cm³/mol. The van der Waals surface area contributed by atoms with Crippen molar-refractivity contribution in [1.29, 1.82) is 0 Å². The van der Waals surface area contributed by atoms with Crippen LogP contribution in [0.5, 0.6) is 0 Å². The summed E-state index contributed by atoms with van der Waals surface area (Å²) in [7, 11) is 0. The van der Waals surface area contributed by atoms with Crippen molar-refractivity contribution in [1.82, 2.24) is 9.88 Å². The molecule has 2 amide bonds. The highest BCUT2D eigenvalue weighted by Crippen LogP contribution is 2.34. The number of Topliss-reactive ketones (excluding diaryl/α,β-unsaturated/α-hetero) is 1. The molecule has 31 heavy (non-hydrogen) atoms. The number of benzene rings is 1. The van der Waals surface area contributed by atoms with Crippen molar-refractivity contribution in [3.8, 4) is 0 Å². The Labute approximate surface area is 177 Å². The summed E-state index contributed by atoms with van der Waals surface area (Å²) >= 11 is 6.19. The zero-order chi connectivity index (χ0) is 23.1. The molecule has 1 atom stereocenters. The van der Waals surface area contributed by atoms with Crippen molar-refractivity contribution in [3.05, 3.63) is 51.8 Å². The van der Waals surface area contributed by atoms with E-state index in [2.05, 4.69) is 5.32 Å². The van der Waals surface area contributed by atoms with Crippen molar-refractivity contribution >= 4 is 34.9 Å². The second-order valence-corrected chi connectivity index (χ2v) is 7.27. The number of amides is 2. The molecule has 1 aliphatic heterocycles. The Bertz CT molecular complexity index is 1080. The lowest BCUT2D eigenvalue weighted by molar-refractivity contribution is -0.156. The molecule has 12 heteroatoms. The summed E-state index contributed by atoms with van der Waals surface area (Å²) in [5.74, 6) is -6.00. The Balaban J connectivity index is 1.91. The van der Waals surface area contributed by atoms with Gasteiger partial charge in [-0.05, 0) is 31.9 Å². The summed E-state index contributed by atoms with van der Waals surface area (Å²) in [6, 6.07) is 0.387. The Kier molecular flexibility index (Phi) is 6.08. The molecule has 0 spiro atoms. The van der Waals surface area contributed by atoms with Crippen LogP contribution in [0.2, 0.25) is 5.02 Å². The highest BCUT2D eigenvalue weighted by atomic mass is 35.5. The summed E-state index contributed by atoms with van der Waals surface area (Å²) in [6.07, 6.45) is -3.94. The van der Waals surface area contributed by atoms with Crippen molar-refractivity contribution < 1.29 is 36.3 Å². The smallest absolute Gasteiger partial charge is 0.340 e. The van der Waals surface area contributed by atoms with E-state index in [1.165, 1.54) is 4.57 Å². The average molecular weight is 464 g/mol. The molecular formula is C19H15ClF5N3O3. The number of fused-ring (bicyclic) bond motifs is 1. The van der Waals surface area contributed by atoms with Gasteiger partial charge in [0.05, 0.1) is 10.6 Å². The molecule has 0 bridgehead atoms. The van der Waals surface area contributed by atoms with Gasteiger partial charge < -0.3 is 15.2 Å². The Morgan fingerprint density at radius 2 is 1.84 bits per heavy atom. The third kappa shape index (κ3) is 4.41. The van der Waals surface area contributed by atoms with Gasteiger partial charge in [-0.1, -0.05) is 11.6 Å². The Hall–Kier alpha value is -2.95. The minimum Gasteiger partial charge on any atom is -0.340 e. The maximum absolute atomic E-state index is 13.4. The van der Waals surface area contributed by atoms with E-state index >= 15 is 0 Å². The van der Waals surface area contributed by atoms with Crippen LogP contribution >= 0.6 is 11.6 Å². The van der Waals surface area contributed by atoms with Crippen molar-refractivity contribution in [2.24, 2.45) is 0 Å². The molecule has 0 fully saturated rings. The van der Waals surface area contributed by atoms with Gasteiger partial charge >= 0.3 is 6.18 Å². The highest BCUT2D eigenvalue weighted by Gasteiger charge is 2.40. The zero-order valence-corrected chi connectivity index (χ0v) is 16.6. The number of nitrogens with zero attached hydrogens (tertiary/aromatic N) is 1. The SMILES string of the molecule is C[C@H](NC(=O)C(=O)c1c(Cl)c(C(=O)Nc2ccc(F)c(F)c2)c2n1CCC2)C(F)(F)F. The zero-order valence-electron chi connectivity index (χ0n) is 15.9. The van der Waals surface area contributed by atoms with Gasteiger partial charge in [0.2, 0.25) is 0 Å². The molecule has 1 aromatic carbocycles. The van der Waals surface area contributed by atoms with E-state index in [4.69, 9.17) is 11.6 Å². The molecule has 1 aliphatic rings. The molecule has 0 unspecified atom stereocenters. The summed E-state index contributed by atoms with van der Waals surface area (Å²) < 4.78 is 65.8. The number of hydrogen-bond donors (Lipinski definition) is 2. The van der Waals surface area contributed by atoms with E-state index in [-0.39, 0.29) is 17.8 Å². The van der Waals surface area contributed by atoms with E-state index in [1.807, 2.05) is 0 Å². The van der Waals surface area contributed by atoms with Crippen LogP contribution in [0.1, 0.15) is 39.9 Å².